The van der Waals surface area contributed by atoms with Gasteiger partial charge >= 0.3 is 5.91 Å². The smallest absolute Gasteiger partial charge is 0.300 e. The lowest BCUT2D eigenvalue weighted by Gasteiger charge is -2.34. The van der Waals surface area contributed by atoms with E-state index >= 15 is 0 Å². The van der Waals surface area contributed by atoms with Crippen molar-refractivity contribution in [3.8, 4) is 0 Å². The molecular weight excluding hydrogens is 268 g/mol. The van der Waals surface area contributed by atoms with E-state index in [1.807, 2.05) is 6.92 Å². The van der Waals surface area contributed by atoms with Gasteiger partial charge in [0.05, 0.1) is 0 Å². The van der Waals surface area contributed by atoms with Crippen LogP contribution < -0.4 is 16.6 Å². The fraction of sp³-hybridized carbons (Fsp3) is 0.667. The molecule has 1 amide bonds. The van der Waals surface area contributed by atoms with E-state index in [0.29, 0.717) is 6.04 Å². The number of carbonyl (C=O) groups excluding carboxylic acids is 1. The maximum Gasteiger partial charge on any atom is 0.300 e. The molecule has 2 rings (SSSR count). The second-order valence-electron chi connectivity index (χ2n) is 5.62. The van der Waals surface area contributed by atoms with E-state index in [1.165, 1.54) is 12.8 Å². The number of hydrogen-bond acceptors (Lipinski definition) is 5. The summed E-state index contributed by atoms with van der Waals surface area (Å²) < 4.78 is 5.50. The normalized spacial score (nSPS) is 16.4. The van der Waals surface area contributed by atoms with E-state index in [2.05, 4.69) is 22.6 Å². The lowest BCUT2D eigenvalue weighted by molar-refractivity contribution is 0.0924. The Balaban J connectivity index is 2.08. The number of nitrogens with zero attached hydrogens (tertiary/aromatic N) is 1. The van der Waals surface area contributed by atoms with Crippen molar-refractivity contribution >= 4 is 5.91 Å². The Labute approximate surface area is 126 Å². The highest BCUT2D eigenvalue weighted by molar-refractivity contribution is 5.91. The Morgan fingerprint density at radius 3 is 2.86 bits per heavy atom. The van der Waals surface area contributed by atoms with Gasteiger partial charge in [0.2, 0.25) is 0 Å². The maximum absolute atomic E-state index is 11.5. The van der Waals surface area contributed by atoms with Crippen LogP contribution in [0.1, 0.15) is 48.1 Å². The van der Waals surface area contributed by atoms with Crippen molar-refractivity contribution in [2.75, 3.05) is 19.6 Å². The molecule has 1 aromatic rings. The van der Waals surface area contributed by atoms with Crippen molar-refractivity contribution in [3.05, 3.63) is 23.2 Å². The van der Waals surface area contributed by atoms with Crippen LogP contribution in [0.25, 0.3) is 0 Å². The average Bonchev–Trinajstić information content (AvgIpc) is 2.88. The Hall–Kier alpha value is -1.37. The van der Waals surface area contributed by atoms with Crippen LogP contribution in [0.2, 0.25) is 0 Å². The molecule has 0 unspecified atom stereocenters. The molecular formula is C15H26N4O2. The molecule has 0 atom stereocenters. The molecule has 1 saturated heterocycles. The van der Waals surface area contributed by atoms with Crippen LogP contribution in [0.4, 0.5) is 0 Å². The molecule has 1 aliphatic rings. The second-order valence-corrected chi connectivity index (χ2v) is 5.62. The number of nitrogen functional groups attached to an aromatic ring is 1. The quantitative estimate of drug-likeness (QED) is 0.416. The number of furan rings is 1. The first-order valence-electron chi connectivity index (χ1n) is 7.70. The van der Waals surface area contributed by atoms with Crippen molar-refractivity contribution in [1.29, 1.82) is 0 Å². The molecule has 0 aliphatic carbocycles. The predicted octanol–water partition coefficient (Wildman–Crippen LogP) is 1.16. The van der Waals surface area contributed by atoms with Crippen molar-refractivity contribution in [1.82, 2.24) is 15.6 Å². The number of rotatable bonds is 6. The fourth-order valence-corrected chi connectivity index (χ4v) is 2.93. The summed E-state index contributed by atoms with van der Waals surface area (Å²) in [5.74, 6) is 5.85. The lowest BCUT2D eigenvalue weighted by atomic mass is 10.0. The number of aryl methyl sites for hydroxylation is 1. The first-order valence-corrected chi connectivity index (χ1v) is 7.70. The molecule has 0 radical (unpaired) electrons. The van der Waals surface area contributed by atoms with Crippen molar-refractivity contribution in [2.45, 2.75) is 45.7 Å². The van der Waals surface area contributed by atoms with Gasteiger partial charge in [0.25, 0.3) is 0 Å². The van der Waals surface area contributed by atoms with Gasteiger partial charge in [0, 0.05) is 18.2 Å². The highest BCUT2D eigenvalue weighted by Crippen LogP contribution is 2.21. The zero-order valence-electron chi connectivity index (χ0n) is 12.9. The van der Waals surface area contributed by atoms with Crippen LogP contribution in [0.3, 0.4) is 0 Å². The number of piperidine rings is 1. The summed E-state index contributed by atoms with van der Waals surface area (Å²) in [6, 6.07) is 2.41. The van der Waals surface area contributed by atoms with Gasteiger partial charge in [-0.2, -0.15) is 0 Å². The number of hydrogen-bond donors (Lipinski definition) is 3. The highest BCUT2D eigenvalue weighted by Gasteiger charge is 2.22. The number of amides is 1. The summed E-state index contributed by atoms with van der Waals surface area (Å²) in [6.07, 6.45) is 3.47. The second kappa shape index (κ2) is 7.59. The van der Waals surface area contributed by atoms with Crippen LogP contribution in [0, 0.1) is 6.92 Å². The highest BCUT2D eigenvalue weighted by atomic mass is 16.4. The molecule has 1 fully saturated rings. The summed E-state index contributed by atoms with van der Waals surface area (Å²) >= 11 is 0. The Morgan fingerprint density at radius 1 is 1.52 bits per heavy atom. The summed E-state index contributed by atoms with van der Waals surface area (Å²) in [4.78, 5) is 14.0. The van der Waals surface area contributed by atoms with Crippen LogP contribution >= 0.6 is 0 Å². The molecule has 1 aromatic heterocycles. The van der Waals surface area contributed by atoms with E-state index < -0.39 is 0 Å². The molecule has 1 aliphatic heterocycles. The molecule has 21 heavy (non-hydrogen) atoms. The third kappa shape index (κ3) is 4.06. The van der Waals surface area contributed by atoms with Gasteiger partial charge in [-0.15, -0.1) is 0 Å². The minimum atomic E-state index is -0.381. The molecule has 2 heterocycles. The molecule has 6 heteroatoms. The van der Waals surface area contributed by atoms with Crippen LogP contribution in [-0.4, -0.2) is 36.5 Å². The summed E-state index contributed by atoms with van der Waals surface area (Å²) in [5, 5.41) is 3.40. The van der Waals surface area contributed by atoms with Gasteiger partial charge in [0.15, 0.2) is 5.76 Å². The standard InChI is InChI=1S/C15H26N4O2/c1-3-8-19(13-4-6-17-7-5-13)10-12-9-14(15(20)18-16)21-11(12)2/h9,13,17H,3-8,10,16H2,1-2H3,(H,18,20). The Morgan fingerprint density at radius 2 is 2.24 bits per heavy atom. The molecule has 0 bridgehead atoms. The van der Waals surface area contributed by atoms with Gasteiger partial charge in [0.1, 0.15) is 5.76 Å². The Bertz CT molecular complexity index is 466. The number of hydrazine groups is 1. The van der Waals surface area contributed by atoms with Crippen molar-refractivity contribution < 1.29 is 9.21 Å². The van der Waals surface area contributed by atoms with Gasteiger partial charge in [-0.3, -0.25) is 15.1 Å². The van der Waals surface area contributed by atoms with E-state index in [4.69, 9.17) is 10.3 Å². The molecule has 4 N–H and O–H groups in total. The fourth-order valence-electron chi connectivity index (χ4n) is 2.93. The summed E-state index contributed by atoms with van der Waals surface area (Å²) in [7, 11) is 0. The average molecular weight is 294 g/mol. The van der Waals surface area contributed by atoms with Crippen molar-refractivity contribution in [3.63, 3.8) is 0 Å². The zero-order valence-corrected chi connectivity index (χ0v) is 12.9. The van der Waals surface area contributed by atoms with E-state index in [1.54, 1.807) is 6.07 Å². The maximum atomic E-state index is 11.5. The van der Waals surface area contributed by atoms with E-state index in [0.717, 1.165) is 43.9 Å². The lowest BCUT2D eigenvalue weighted by Crippen LogP contribution is -2.43. The Kier molecular flexibility index (Phi) is 5.78. The largest absolute Gasteiger partial charge is 0.456 e. The number of nitrogens with one attached hydrogen (secondary N) is 2. The SMILES string of the molecule is CCCN(Cc1cc(C(=O)NN)oc1C)C1CCNCC1. The van der Waals surface area contributed by atoms with Crippen molar-refractivity contribution in [2.24, 2.45) is 5.84 Å². The van der Waals surface area contributed by atoms with Crippen LogP contribution in [0.15, 0.2) is 10.5 Å². The first kappa shape index (κ1) is 16.0. The van der Waals surface area contributed by atoms with E-state index in [-0.39, 0.29) is 11.7 Å². The molecule has 0 aromatic carbocycles. The van der Waals surface area contributed by atoms with Gasteiger partial charge in [-0.05, 0) is 51.9 Å². The summed E-state index contributed by atoms with van der Waals surface area (Å²) in [5.41, 5.74) is 3.18. The van der Waals surface area contributed by atoms with Gasteiger partial charge in [-0.25, -0.2) is 5.84 Å². The van der Waals surface area contributed by atoms with Gasteiger partial charge < -0.3 is 9.73 Å². The summed E-state index contributed by atoms with van der Waals surface area (Å²) in [6.45, 7) is 8.14. The van der Waals surface area contributed by atoms with Crippen LogP contribution in [-0.2, 0) is 6.54 Å². The molecule has 0 saturated carbocycles. The minimum absolute atomic E-state index is 0.284. The third-order valence-corrected chi connectivity index (χ3v) is 4.08. The third-order valence-electron chi connectivity index (χ3n) is 4.08. The van der Waals surface area contributed by atoms with Gasteiger partial charge in [-0.1, -0.05) is 6.92 Å². The molecule has 0 spiro atoms. The molecule has 118 valence electrons. The minimum Gasteiger partial charge on any atom is -0.456 e. The first-order chi connectivity index (χ1) is 10.2. The zero-order chi connectivity index (χ0) is 15.2. The van der Waals surface area contributed by atoms with E-state index in [9.17, 15) is 4.79 Å². The monoisotopic (exact) mass is 294 g/mol. The number of nitrogens with two attached hydrogens (primary N) is 1. The molecule has 6 nitrogen and oxygen atoms in total. The van der Waals surface area contributed by atoms with Crippen LogP contribution in [0.5, 0.6) is 0 Å². The number of carbonyl (C=O) groups is 1. The predicted molar refractivity (Wildman–Crippen MR) is 81.7 cm³/mol. The topological polar surface area (TPSA) is 83.5 Å².